The number of thiophene rings is 1. The van der Waals surface area contributed by atoms with Crippen LogP contribution in [-0.4, -0.2) is 24.4 Å². The standard InChI is InChI=1S/C14H10ClFN2O4S/c15-11-6-5-10(23-11)14(21)22-7-12(19)17-18-13(20)8-3-1-2-4-9(8)16/h1-6H,7H2,(H,17,19)(H,18,20). The Bertz CT molecular complexity index is 750. The van der Waals surface area contributed by atoms with Crippen LogP contribution in [0.4, 0.5) is 4.39 Å². The van der Waals surface area contributed by atoms with E-state index in [4.69, 9.17) is 16.3 Å². The van der Waals surface area contributed by atoms with Crippen LogP contribution in [0, 0.1) is 5.82 Å². The number of nitrogens with one attached hydrogen (secondary N) is 2. The molecular formula is C14H10ClFN2O4S. The molecule has 0 spiro atoms. The summed E-state index contributed by atoms with van der Waals surface area (Å²) in [5.41, 5.74) is 3.81. The molecule has 2 rings (SSSR count). The van der Waals surface area contributed by atoms with Gasteiger partial charge < -0.3 is 4.74 Å². The van der Waals surface area contributed by atoms with Crippen LogP contribution in [0.25, 0.3) is 0 Å². The van der Waals surface area contributed by atoms with Crippen molar-refractivity contribution < 1.29 is 23.5 Å². The second-order valence-corrected chi connectivity index (χ2v) is 5.88. The van der Waals surface area contributed by atoms with Gasteiger partial charge in [0.05, 0.1) is 9.90 Å². The van der Waals surface area contributed by atoms with Gasteiger partial charge in [0.1, 0.15) is 10.7 Å². The van der Waals surface area contributed by atoms with E-state index in [0.29, 0.717) is 4.34 Å². The minimum absolute atomic E-state index is 0.224. The fraction of sp³-hybridized carbons (Fsp3) is 0.0714. The van der Waals surface area contributed by atoms with Crippen LogP contribution in [0.3, 0.4) is 0 Å². The van der Waals surface area contributed by atoms with Crippen LogP contribution in [0.2, 0.25) is 4.34 Å². The van der Waals surface area contributed by atoms with Crippen molar-refractivity contribution in [2.75, 3.05) is 6.61 Å². The lowest BCUT2D eigenvalue weighted by molar-refractivity contribution is -0.125. The maximum absolute atomic E-state index is 13.4. The Hall–Kier alpha value is -2.45. The lowest BCUT2D eigenvalue weighted by Gasteiger charge is -2.08. The number of hydrogen-bond acceptors (Lipinski definition) is 5. The maximum Gasteiger partial charge on any atom is 0.348 e. The maximum atomic E-state index is 13.4. The van der Waals surface area contributed by atoms with Crippen molar-refractivity contribution in [3.8, 4) is 0 Å². The second-order valence-electron chi connectivity index (χ2n) is 4.16. The highest BCUT2D eigenvalue weighted by Crippen LogP contribution is 2.21. The quantitative estimate of drug-likeness (QED) is 0.649. The van der Waals surface area contributed by atoms with Gasteiger partial charge >= 0.3 is 5.97 Å². The van der Waals surface area contributed by atoms with Crippen LogP contribution in [-0.2, 0) is 9.53 Å². The molecule has 2 N–H and O–H groups in total. The van der Waals surface area contributed by atoms with Crippen molar-refractivity contribution in [2.24, 2.45) is 0 Å². The molecule has 1 heterocycles. The summed E-state index contributed by atoms with van der Waals surface area (Å²) in [7, 11) is 0. The molecule has 0 radical (unpaired) electrons. The fourth-order valence-corrected chi connectivity index (χ4v) is 2.44. The Labute approximate surface area is 139 Å². The molecule has 6 nitrogen and oxygen atoms in total. The van der Waals surface area contributed by atoms with Gasteiger partial charge in [0.2, 0.25) is 0 Å². The molecule has 120 valence electrons. The number of hydrogen-bond donors (Lipinski definition) is 2. The van der Waals surface area contributed by atoms with Gasteiger partial charge in [-0.25, -0.2) is 9.18 Å². The molecule has 2 aromatic rings. The van der Waals surface area contributed by atoms with Crippen LogP contribution < -0.4 is 10.9 Å². The van der Waals surface area contributed by atoms with Crippen molar-refractivity contribution in [1.29, 1.82) is 0 Å². The molecular weight excluding hydrogens is 347 g/mol. The fourth-order valence-electron chi connectivity index (χ4n) is 1.50. The third kappa shape index (κ3) is 4.76. The summed E-state index contributed by atoms with van der Waals surface area (Å²) >= 11 is 6.69. The molecule has 1 aromatic carbocycles. The highest BCUT2D eigenvalue weighted by molar-refractivity contribution is 7.17. The average Bonchev–Trinajstić information content (AvgIpc) is 2.97. The Balaban J connectivity index is 1.78. The first-order valence-electron chi connectivity index (χ1n) is 6.23. The highest BCUT2D eigenvalue weighted by atomic mass is 35.5. The zero-order valence-electron chi connectivity index (χ0n) is 11.5. The van der Waals surface area contributed by atoms with E-state index in [-0.39, 0.29) is 10.4 Å². The number of carbonyl (C=O) groups excluding carboxylic acids is 3. The molecule has 2 amide bonds. The Morgan fingerprint density at radius 3 is 2.52 bits per heavy atom. The van der Waals surface area contributed by atoms with Gasteiger partial charge in [-0.1, -0.05) is 23.7 Å². The van der Waals surface area contributed by atoms with E-state index in [1.807, 2.05) is 10.9 Å². The third-order valence-corrected chi connectivity index (χ3v) is 3.75. The molecule has 0 saturated heterocycles. The van der Waals surface area contributed by atoms with E-state index in [2.05, 4.69) is 0 Å². The summed E-state index contributed by atoms with van der Waals surface area (Å²) in [5.74, 6) is -3.03. The first-order valence-corrected chi connectivity index (χ1v) is 7.43. The summed E-state index contributed by atoms with van der Waals surface area (Å²) in [6.45, 7) is -0.605. The SMILES string of the molecule is O=C(COC(=O)c1ccc(Cl)s1)NNC(=O)c1ccccc1F. The van der Waals surface area contributed by atoms with Crippen molar-refractivity contribution in [3.63, 3.8) is 0 Å². The summed E-state index contributed by atoms with van der Waals surface area (Å²) in [6, 6.07) is 8.28. The average molecular weight is 357 g/mol. The van der Waals surface area contributed by atoms with Gasteiger partial charge in [0, 0.05) is 0 Å². The van der Waals surface area contributed by atoms with Crippen molar-refractivity contribution in [2.45, 2.75) is 0 Å². The Kier molecular flexibility index (Phi) is 5.67. The number of carbonyl (C=O) groups is 3. The lowest BCUT2D eigenvalue weighted by atomic mass is 10.2. The van der Waals surface area contributed by atoms with Gasteiger partial charge in [0.25, 0.3) is 11.8 Å². The van der Waals surface area contributed by atoms with Crippen molar-refractivity contribution in [3.05, 3.63) is 57.0 Å². The first kappa shape index (κ1) is 16.9. The van der Waals surface area contributed by atoms with Gasteiger partial charge in [-0.15, -0.1) is 11.3 Å². The minimum Gasteiger partial charge on any atom is -0.451 e. The van der Waals surface area contributed by atoms with E-state index in [9.17, 15) is 18.8 Å². The number of rotatable bonds is 4. The van der Waals surface area contributed by atoms with Crippen molar-refractivity contribution in [1.82, 2.24) is 10.9 Å². The van der Waals surface area contributed by atoms with Crippen LogP contribution >= 0.6 is 22.9 Å². The zero-order valence-corrected chi connectivity index (χ0v) is 13.0. The number of ether oxygens (including phenoxy) is 1. The monoisotopic (exact) mass is 356 g/mol. The molecule has 23 heavy (non-hydrogen) atoms. The first-order chi connectivity index (χ1) is 11.0. The van der Waals surface area contributed by atoms with Gasteiger partial charge in [-0.3, -0.25) is 20.4 Å². The molecule has 0 bridgehead atoms. The normalized spacial score (nSPS) is 10.0. The number of esters is 1. The van der Waals surface area contributed by atoms with Gasteiger partial charge in [-0.05, 0) is 24.3 Å². The molecule has 0 atom stereocenters. The molecule has 0 unspecified atom stereocenters. The topological polar surface area (TPSA) is 84.5 Å². The van der Waals surface area contributed by atoms with Gasteiger partial charge in [-0.2, -0.15) is 0 Å². The molecule has 0 saturated carbocycles. The van der Waals surface area contributed by atoms with E-state index in [1.54, 1.807) is 0 Å². The number of hydrazine groups is 1. The lowest BCUT2D eigenvalue weighted by Crippen LogP contribution is -2.43. The predicted molar refractivity (Wildman–Crippen MR) is 81.6 cm³/mol. The van der Waals surface area contributed by atoms with Crippen LogP contribution in [0.1, 0.15) is 20.0 Å². The second kappa shape index (κ2) is 7.70. The molecule has 9 heteroatoms. The summed E-state index contributed by atoms with van der Waals surface area (Å²) in [4.78, 5) is 35.0. The third-order valence-electron chi connectivity index (χ3n) is 2.54. The van der Waals surface area contributed by atoms with E-state index < -0.39 is 30.2 Å². The number of amides is 2. The largest absolute Gasteiger partial charge is 0.451 e. The smallest absolute Gasteiger partial charge is 0.348 e. The van der Waals surface area contributed by atoms with E-state index in [0.717, 1.165) is 17.4 Å². The summed E-state index contributed by atoms with van der Waals surface area (Å²) in [6.07, 6.45) is 0. The number of benzene rings is 1. The predicted octanol–water partition coefficient (Wildman–Crippen LogP) is 2.16. The molecule has 1 aromatic heterocycles. The van der Waals surface area contributed by atoms with Crippen molar-refractivity contribution >= 4 is 40.7 Å². The molecule has 0 aliphatic carbocycles. The summed E-state index contributed by atoms with van der Waals surface area (Å²) in [5, 5.41) is 0. The van der Waals surface area contributed by atoms with E-state index >= 15 is 0 Å². The molecule has 0 aliphatic heterocycles. The highest BCUT2D eigenvalue weighted by Gasteiger charge is 2.14. The summed E-state index contributed by atoms with van der Waals surface area (Å²) < 4.78 is 18.5. The van der Waals surface area contributed by atoms with Gasteiger partial charge in [0.15, 0.2) is 6.61 Å². The molecule has 0 fully saturated rings. The minimum atomic E-state index is -0.826. The zero-order chi connectivity index (χ0) is 16.8. The van der Waals surface area contributed by atoms with E-state index in [1.165, 1.54) is 30.3 Å². The number of halogens is 2. The van der Waals surface area contributed by atoms with Crippen LogP contribution in [0.5, 0.6) is 0 Å². The molecule has 0 aliphatic rings. The van der Waals surface area contributed by atoms with Crippen LogP contribution in [0.15, 0.2) is 36.4 Å². The Morgan fingerprint density at radius 1 is 1.13 bits per heavy atom. The Morgan fingerprint density at radius 2 is 1.87 bits per heavy atom.